The summed E-state index contributed by atoms with van der Waals surface area (Å²) in [6, 6.07) is 3.34. The number of Topliss-reactive ketones (excluding diaryl/α,β-unsaturated/α-hetero) is 1. The second-order valence-corrected chi connectivity index (χ2v) is 6.96. The van der Waals surface area contributed by atoms with Crippen molar-refractivity contribution in [2.45, 2.75) is 13.3 Å². The second-order valence-electron chi connectivity index (χ2n) is 3.96. The summed E-state index contributed by atoms with van der Waals surface area (Å²) < 4.78 is 28.9. The van der Waals surface area contributed by atoms with Crippen LogP contribution in [0.15, 0.2) is 12.1 Å². The summed E-state index contributed by atoms with van der Waals surface area (Å²) >= 11 is 1.22. The Hall–Kier alpha value is -1.25. The van der Waals surface area contributed by atoms with E-state index >= 15 is 0 Å². The Bertz CT molecular complexity index is 561. The van der Waals surface area contributed by atoms with Gasteiger partial charge in [-0.25, -0.2) is 17.9 Å². The summed E-state index contributed by atoms with van der Waals surface area (Å²) in [7, 11) is -3.20. The van der Waals surface area contributed by atoms with E-state index in [1.807, 2.05) is 0 Å². The van der Waals surface area contributed by atoms with E-state index in [1.54, 1.807) is 12.1 Å². The largest absolute Gasteiger partial charge is 0.454 e. The molecule has 0 spiro atoms. The van der Waals surface area contributed by atoms with Gasteiger partial charge in [-0.2, -0.15) is 0 Å². The number of rotatable bonds is 7. The van der Waals surface area contributed by atoms with Gasteiger partial charge in [0.05, 0.1) is 6.26 Å². The van der Waals surface area contributed by atoms with E-state index in [9.17, 15) is 18.0 Å². The lowest BCUT2D eigenvalue weighted by Crippen LogP contribution is -2.23. The summed E-state index contributed by atoms with van der Waals surface area (Å²) in [5.41, 5.74) is 0. The van der Waals surface area contributed by atoms with E-state index in [0.717, 1.165) is 11.1 Å². The van der Waals surface area contributed by atoms with Gasteiger partial charge < -0.3 is 4.74 Å². The maximum absolute atomic E-state index is 11.5. The zero-order chi connectivity index (χ0) is 14.5. The van der Waals surface area contributed by atoms with E-state index in [0.29, 0.717) is 11.3 Å². The third-order valence-corrected chi connectivity index (χ3v) is 3.86. The molecule has 1 aromatic rings. The molecule has 0 saturated heterocycles. The lowest BCUT2D eigenvalue weighted by molar-refractivity contribution is -0.120. The van der Waals surface area contributed by atoms with Crippen molar-refractivity contribution in [3.63, 3.8) is 0 Å². The number of hydrogen-bond acceptors (Lipinski definition) is 6. The predicted molar refractivity (Wildman–Crippen MR) is 71.8 cm³/mol. The molecule has 0 aliphatic rings. The summed E-state index contributed by atoms with van der Waals surface area (Å²) in [4.78, 5) is 23.5. The van der Waals surface area contributed by atoms with E-state index in [-0.39, 0.29) is 18.9 Å². The topological polar surface area (TPSA) is 89.5 Å². The zero-order valence-corrected chi connectivity index (χ0v) is 12.3. The van der Waals surface area contributed by atoms with Crippen molar-refractivity contribution in [1.29, 1.82) is 0 Å². The van der Waals surface area contributed by atoms with Crippen molar-refractivity contribution in [3.05, 3.63) is 21.9 Å². The first-order chi connectivity index (χ1) is 8.78. The standard InChI is InChI=1S/C11H15NO5S2/c1-8(13)7-17-11(14)10-4-3-9(18-10)5-6-12-19(2,15)16/h3-4,12H,5-7H2,1-2H3. The van der Waals surface area contributed by atoms with Crippen molar-refractivity contribution >= 4 is 33.1 Å². The predicted octanol–water partition coefficient (Wildman–Crippen LogP) is 0.586. The smallest absolute Gasteiger partial charge is 0.348 e. The Morgan fingerprint density at radius 2 is 2.05 bits per heavy atom. The quantitative estimate of drug-likeness (QED) is 0.745. The number of ether oxygens (including phenoxy) is 1. The molecule has 0 fully saturated rings. The summed E-state index contributed by atoms with van der Waals surface area (Å²) in [6.07, 6.45) is 1.59. The fraction of sp³-hybridized carbons (Fsp3) is 0.455. The molecule has 0 radical (unpaired) electrons. The monoisotopic (exact) mass is 305 g/mol. The summed E-state index contributed by atoms with van der Waals surface area (Å²) in [6.45, 7) is 1.38. The third-order valence-electron chi connectivity index (χ3n) is 2.01. The third kappa shape index (κ3) is 6.46. The first-order valence-electron chi connectivity index (χ1n) is 5.48. The number of thiophene rings is 1. The molecular weight excluding hydrogens is 290 g/mol. The Morgan fingerprint density at radius 1 is 1.37 bits per heavy atom. The molecule has 1 aromatic heterocycles. The van der Waals surface area contributed by atoms with E-state index in [1.165, 1.54) is 18.3 Å². The molecule has 1 rings (SSSR count). The highest BCUT2D eigenvalue weighted by molar-refractivity contribution is 7.88. The lowest BCUT2D eigenvalue weighted by atomic mass is 10.3. The van der Waals surface area contributed by atoms with Gasteiger partial charge in [0.15, 0.2) is 5.78 Å². The van der Waals surface area contributed by atoms with Crippen LogP contribution in [0, 0.1) is 0 Å². The van der Waals surface area contributed by atoms with Crippen LogP contribution in [0.2, 0.25) is 0 Å². The molecule has 0 aromatic carbocycles. The van der Waals surface area contributed by atoms with Gasteiger partial charge in [-0.1, -0.05) is 0 Å². The average molecular weight is 305 g/mol. The van der Waals surface area contributed by atoms with Crippen LogP contribution in [0.3, 0.4) is 0 Å². The lowest BCUT2D eigenvalue weighted by Gasteiger charge is -2.00. The van der Waals surface area contributed by atoms with Gasteiger partial charge in [-0.05, 0) is 25.5 Å². The van der Waals surface area contributed by atoms with Gasteiger partial charge in [0.1, 0.15) is 11.5 Å². The van der Waals surface area contributed by atoms with Crippen LogP contribution in [0.25, 0.3) is 0 Å². The SMILES string of the molecule is CC(=O)COC(=O)c1ccc(CCNS(C)(=O)=O)s1. The molecular formula is C11H15NO5S2. The van der Waals surface area contributed by atoms with Gasteiger partial charge >= 0.3 is 5.97 Å². The molecule has 1 heterocycles. The van der Waals surface area contributed by atoms with Crippen molar-refractivity contribution < 1.29 is 22.7 Å². The second kappa shape index (κ2) is 6.78. The zero-order valence-electron chi connectivity index (χ0n) is 10.6. The molecule has 0 saturated carbocycles. The molecule has 0 aliphatic carbocycles. The first-order valence-corrected chi connectivity index (χ1v) is 8.18. The van der Waals surface area contributed by atoms with E-state index in [2.05, 4.69) is 4.72 Å². The Kier molecular flexibility index (Phi) is 5.64. The Balaban J connectivity index is 2.48. The Morgan fingerprint density at radius 3 is 2.63 bits per heavy atom. The van der Waals surface area contributed by atoms with Gasteiger partial charge in [-0.15, -0.1) is 11.3 Å². The van der Waals surface area contributed by atoms with Crippen LogP contribution in [0.5, 0.6) is 0 Å². The van der Waals surface area contributed by atoms with Crippen LogP contribution < -0.4 is 4.72 Å². The molecule has 1 N–H and O–H groups in total. The number of carbonyl (C=O) groups excluding carboxylic acids is 2. The maximum atomic E-state index is 11.5. The molecule has 0 unspecified atom stereocenters. The number of ketones is 1. The molecule has 0 bridgehead atoms. The van der Waals surface area contributed by atoms with Crippen molar-refractivity contribution in [2.75, 3.05) is 19.4 Å². The highest BCUT2D eigenvalue weighted by Crippen LogP contribution is 2.17. The number of carbonyl (C=O) groups is 2. The van der Waals surface area contributed by atoms with Crippen LogP contribution in [0.4, 0.5) is 0 Å². The maximum Gasteiger partial charge on any atom is 0.348 e. The van der Waals surface area contributed by atoms with Gasteiger partial charge in [0.25, 0.3) is 0 Å². The number of hydrogen-bond donors (Lipinski definition) is 1. The number of nitrogens with one attached hydrogen (secondary N) is 1. The van der Waals surface area contributed by atoms with Crippen LogP contribution in [-0.4, -0.2) is 39.6 Å². The minimum atomic E-state index is -3.20. The Labute approximate surface area is 115 Å². The molecule has 6 nitrogen and oxygen atoms in total. The van der Waals surface area contributed by atoms with E-state index < -0.39 is 16.0 Å². The van der Waals surface area contributed by atoms with Gasteiger partial charge in [0.2, 0.25) is 10.0 Å². The normalized spacial score (nSPS) is 11.3. The molecule has 106 valence electrons. The van der Waals surface area contributed by atoms with Gasteiger partial charge in [-0.3, -0.25) is 4.79 Å². The fourth-order valence-electron chi connectivity index (χ4n) is 1.22. The molecule has 8 heteroatoms. The van der Waals surface area contributed by atoms with Crippen molar-refractivity contribution in [1.82, 2.24) is 4.72 Å². The van der Waals surface area contributed by atoms with Gasteiger partial charge in [0, 0.05) is 11.4 Å². The first kappa shape index (κ1) is 15.8. The minimum absolute atomic E-state index is 0.220. The van der Waals surface area contributed by atoms with Crippen LogP contribution in [-0.2, 0) is 26.0 Å². The molecule has 0 atom stereocenters. The highest BCUT2D eigenvalue weighted by Gasteiger charge is 2.11. The summed E-state index contributed by atoms with van der Waals surface area (Å²) in [5, 5.41) is 0. The van der Waals surface area contributed by atoms with Crippen LogP contribution in [0.1, 0.15) is 21.5 Å². The summed E-state index contributed by atoms with van der Waals surface area (Å²) in [5.74, 6) is -0.759. The highest BCUT2D eigenvalue weighted by atomic mass is 32.2. The molecule has 19 heavy (non-hydrogen) atoms. The fourth-order valence-corrected chi connectivity index (χ4v) is 2.59. The number of sulfonamides is 1. The van der Waals surface area contributed by atoms with Crippen molar-refractivity contribution in [2.24, 2.45) is 0 Å². The molecule has 0 aliphatic heterocycles. The average Bonchev–Trinajstić information content (AvgIpc) is 2.72. The molecule has 0 amide bonds. The van der Waals surface area contributed by atoms with Crippen molar-refractivity contribution in [3.8, 4) is 0 Å². The van der Waals surface area contributed by atoms with E-state index in [4.69, 9.17) is 4.74 Å². The number of esters is 1. The minimum Gasteiger partial charge on any atom is -0.454 e. The van der Waals surface area contributed by atoms with Crippen LogP contribution >= 0.6 is 11.3 Å².